The van der Waals surface area contributed by atoms with Gasteiger partial charge in [-0.1, -0.05) is 11.6 Å². The Bertz CT molecular complexity index is 681. The first-order chi connectivity index (χ1) is 8.47. The minimum Gasteiger partial charge on any atom is -0.298 e. The van der Waals surface area contributed by atoms with E-state index >= 15 is 0 Å². The molecule has 1 aliphatic rings. The zero-order valence-corrected chi connectivity index (χ0v) is 11.5. The first-order valence-electron chi connectivity index (χ1n) is 5.50. The molecule has 3 nitrogen and oxygen atoms in total. The van der Waals surface area contributed by atoms with Crippen LogP contribution in [-0.2, 0) is 6.54 Å². The lowest BCUT2D eigenvalue weighted by Crippen LogP contribution is -2.22. The standard InChI is InChI=1S/C12H9Cl3N2O/c13-8-1-2-10-9(3-8)11(18)17(6-16-10)5-7-4-12(7,14)15/h1-3,6-7H,4-5H2/t7-/m1/s1. The van der Waals surface area contributed by atoms with Crippen molar-refractivity contribution in [3.63, 3.8) is 0 Å². The van der Waals surface area contributed by atoms with Crippen molar-refractivity contribution >= 4 is 45.7 Å². The Morgan fingerprint density at radius 1 is 1.44 bits per heavy atom. The van der Waals surface area contributed by atoms with Gasteiger partial charge in [-0.2, -0.15) is 0 Å². The van der Waals surface area contributed by atoms with Gasteiger partial charge in [0.05, 0.1) is 17.2 Å². The smallest absolute Gasteiger partial charge is 0.261 e. The molecule has 2 aromatic rings. The third-order valence-electron chi connectivity index (χ3n) is 3.16. The molecule has 6 heteroatoms. The summed E-state index contributed by atoms with van der Waals surface area (Å²) in [5.41, 5.74) is 0.526. The Morgan fingerprint density at radius 2 is 2.17 bits per heavy atom. The Morgan fingerprint density at radius 3 is 2.83 bits per heavy atom. The fourth-order valence-corrected chi connectivity index (χ4v) is 2.65. The second-order valence-corrected chi connectivity index (χ2v) is 6.50. The van der Waals surface area contributed by atoms with Crippen LogP contribution in [0.2, 0.25) is 5.02 Å². The molecule has 0 bridgehead atoms. The van der Waals surface area contributed by atoms with Gasteiger partial charge in [-0.15, -0.1) is 23.2 Å². The maximum atomic E-state index is 12.2. The summed E-state index contributed by atoms with van der Waals surface area (Å²) >= 11 is 17.8. The van der Waals surface area contributed by atoms with Gasteiger partial charge in [-0.25, -0.2) is 4.98 Å². The van der Waals surface area contributed by atoms with E-state index in [9.17, 15) is 4.79 Å². The molecular formula is C12H9Cl3N2O. The molecule has 94 valence electrons. The van der Waals surface area contributed by atoms with Gasteiger partial charge in [-0.3, -0.25) is 9.36 Å². The van der Waals surface area contributed by atoms with E-state index < -0.39 is 4.33 Å². The van der Waals surface area contributed by atoms with Crippen LogP contribution in [0.25, 0.3) is 10.9 Å². The van der Waals surface area contributed by atoms with E-state index in [0.29, 0.717) is 28.9 Å². The number of aromatic nitrogens is 2. The minimum atomic E-state index is -0.692. The van der Waals surface area contributed by atoms with E-state index in [2.05, 4.69) is 4.98 Å². The average molecular weight is 304 g/mol. The molecular weight excluding hydrogens is 295 g/mol. The molecule has 1 aromatic carbocycles. The van der Waals surface area contributed by atoms with Crippen molar-refractivity contribution in [2.24, 2.45) is 5.92 Å². The zero-order valence-electron chi connectivity index (χ0n) is 9.24. The molecule has 1 fully saturated rings. The fraction of sp³-hybridized carbons (Fsp3) is 0.333. The molecule has 18 heavy (non-hydrogen) atoms. The second-order valence-electron chi connectivity index (χ2n) is 4.53. The monoisotopic (exact) mass is 302 g/mol. The van der Waals surface area contributed by atoms with Crippen molar-refractivity contribution in [2.75, 3.05) is 0 Å². The van der Waals surface area contributed by atoms with E-state index in [0.717, 1.165) is 0 Å². The Labute approximate surface area is 118 Å². The molecule has 1 saturated carbocycles. The van der Waals surface area contributed by atoms with Gasteiger partial charge >= 0.3 is 0 Å². The molecule has 0 unspecified atom stereocenters. The van der Waals surface area contributed by atoms with Crippen molar-refractivity contribution in [3.8, 4) is 0 Å². The number of halogens is 3. The molecule has 0 saturated heterocycles. The van der Waals surface area contributed by atoms with E-state index in [-0.39, 0.29) is 11.5 Å². The quantitative estimate of drug-likeness (QED) is 0.798. The zero-order chi connectivity index (χ0) is 12.9. The summed E-state index contributed by atoms with van der Waals surface area (Å²) < 4.78 is 0.846. The third-order valence-corrected chi connectivity index (χ3v) is 4.32. The second kappa shape index (κ2) is 4.12. The van der Waals surface area contributed by atoms with Crippen molar-refractivity contribution in [3.05, 3.63) is 39.9 Å². The van der Waals surface area contributed by atoms with Gasteiger partial charge in [0.25, 0.3) is 5.56 Å². The number of benzene rings is 1. The number of fused-ring (bicyclic) bond motifs is 1. The summed E-state index contributed by atoms with van der Waals surface area (Å²) in [4.78, 5) is 16.5. The summed E-state index contributed by atoms with van der Waals surface area (Å²) in [5.74, 6) is 0.108. The van der Waals surface area contributed by atoms with E-state index in [1.165, 1.54) is 10.9 Å². The fourth-order valence-electron chi connectivity index (χ4n) is 1.97. The molecule has 0 amide bonds. The van der Waals surface area contributed by atoms with Crippen LogP contribution in [0.4, 0.5) is 0 Å². The number of nitrogens with zero attached hydrogens (tertiary/aromatic N) is 2. The van der Waals surface area contributed by atoms with Crippen LogP contribution in [0, 0.1) is 5.92 Å². The van der Waals surface area contributed by atoms with Crippen molar-refractivity contribution in [2.45, 2.75) is 17.3 Å². The maximum absolute atomic E-state index is 12.2. The molecule has 1 aromatic heterocycles. The van der Waals surface area contributed by atoms with Crippen LogP contribution in [-0.4, -0.2) is 13.9 Å². The normalized spacial score (nSPS) is 21.2. The highest BCUT2D eigenvalue weighted by Crippen LogP contribution is 2.53. The van der Waals surface area contributed by atoms with Crippen LogP contribution in [0.15, 0.2) is 29.3 Å². The number of hydrogen-bond acceptors (Lipinski definition) is 2. The lowest BCUT2D eigenvalue weighted by molar-refractivity contribution is 0.597. The molecule has 0 spiro atoms. The molecule has 1 heterocycles. The lowest BCUT2D eigenvalue weighted by atomic mass is 10.2. The summed E-state index contributed by atoms with van der Waals surface area (Å²) in [5, 5.41) is 1.04. The highest BCUT2D eigenvalue weighted by atomic mass is 35.5. The van der Waals surface area contributed by atoms with Gasteiger partial charge < -0.3 is 0 Å². The predicted molar refractivity (Wildman–Crippen MR) is 73.6 cm³/mol. The average Bonchev–Trinajstić information content (AvgIpc) is 2.91. The van der Waals surface area contributed by atoms with Gasteiger partial charge in [0, 0.05) is 17.5 Å². The summed E-state index contributed by atoms with van der Waals surface area (Å²) in [6.07, 6.45) is 2.23. The largest absolute Gasteiger partial charge is 0.298 e. The first-order valence-corrected chi connectivity index (χ1v) is 6.63. The lowest BCUT2D eigenvalue weighted by Gasteiger charge is -2.06. The van der Waals surface area contributed by atoms with Crippen LogP contribution in [0.1, 0.15) is 6.42 Å². The maximum Gasteiger partial charge on any atom is 0.261 e. The van der Waals surface area contributed by atoms with Crippen LogP contribution >= 0.6 is 34.8 Å². The predicted octanol–water partition coefficient (Wildman–Crippen LogP) is 3.24. The minimum absolute atomic E-state index is 0.108. The topological polar surface area (TPSA) is 34.9 Å². The van der Waals surface area contributed by atoms with Gasteiger partial charge in [0.15, 0.2) is 0 Å². The van der Waals surface area contributed by atoms with Crippen molar-refractivity contribution in [1.29, 1.82) is 0 Å². The molecule has 0 aliphatic heterocycles. The Hall–Kier alpha value is -0.770. The molecule has 3 rings (SSSR count). The molecule has 0 N–H and O–H groups in total. The van der Waals surface area contributed by atoms with E-state index in [1.54, 1.807) is 18.2 Å². The van der Waals surface area contributed by atoms with Gasteiger partial charge in [-0.05, 0) is 24.6 Å². The van der Waals surface area contributed by atoms with Gasteiger partial charge in [0.1, 0.15) is 4.33 Å². The summed E-state index contributed by atoms with van der Waals surface area (Å²) in [6.45, 7) is 0.487. The van der Waals surface area contributed by atoms with E-state index in [1.807, 2.05) is 0 Å². The third kappa shape index (κ3) is 2.11. The first kappa shape index (κ1) is 12.3. The van der Waals surface area contributed by atoms with E-state index in [4.69, 9.17) is 34.8 Å². The van der Waals surface area contributed by atoms with Gasteiger partial charge in [0.2, 0.25) is 0 Å². The van der Waals surface area contributed by atoms with Crippen LogP contribution < -0.4 is 5.56 Å². The highest BCUT2D eigenvalue weighted by Gasteiger charge is 2.51. The molecule has 0 radical (unpaired) electrons. The Balaban J connectivity index is 2.04. The number of alkyl halides is 2. The van der Waals surface area contributed by atoms with Crippen molar-refractivity contribution in [1.82, 2.24) is 9.55 Å². The molecule has 1 aliphatic carbocycles. The summed E-state index contributed by atoms with van der Waals surface area (Å²) in [7, 11) is 0. The highest BCUT2D eigenvalue weighted by molar-refractivity contribution is 6.50. The Kier molecular flexibility index (Phi) is 2.81. The number of rotatable bonds is 2. The number of hydrogen-bond donors (Lipinski definition) is 0. The van der Waals surface area contributed by atoms with Crippen molar-refractivity contribution < 1.29 is 0 Å². The van der Waals surface area contributed by atoms with Crippen LogP contribution in [0.3, 0.4) is 0 Å². The summed E-state index contributed by atoms with van der Waals surface area (Å²) in [6, 6.07) is 5.07. The molecule has 1 atom stereocenters. The SMILES string of the molecule is O=c1c2cc(Cl)ccc2ncn1C[C@H]1CC1(Cl)Cl. The van der Waals surface area contributed by atoms with Crippen LogP contribution in [0.5, 0.6) is 0 Å².